The van der Waals surface area contributed by atoms with E-state index in [1.165, 1.54) is 50.5 Å². The van der Waals surface area contributed by atoms with Gasteiger partial charge in [0, 0.05) is 18.0 Å². The molecule has 1 unspecified atom stereocenters. The number of rotatable bonds is 11. The molecule has 168 valence electrons. The molecule has 1 aromatic carbocycles. The average Bonchev–Trinajstić information content (AvgIpc) is 3.14. The number of carbonyl (C=O) groups is 1. The van der Waals surface area contributed by atoms with E-state index in [9.17, 15) is 4.79 Å². The molecule has 0 aliphatic carbocycles. The molecule has 31 heavy (non-hydrogen) atoms. The fraction of sp³-hybridized carbons (Fsp3) is 0.560. The molecule has 0 saturated carbocycles. The van der Waals surface area contributed by atoms with Gasteiger partial charge in [0.25, 0.3) is 0 Å². The lowest BCUT2D eigenvalue weighted by molar-refractivity contribution is -0.162. The zero-order chi connectivity index (χ0) is 22.1. The minimum atomic E-state index is -0.758. The summed E-state index contributed by atoms with van der Waals surface area (Å²) in [6.45, 7) is 5.99. The van der Waals surface area contributed by atoms with Crippen molar-refractivity contribution >= 4 is 5.97 Å². The number of unbranched alkanes of at least 4 members (excludes halogenated alkanes) is 6. The number of aromatic nitrogens is 2. The number of hydrogen-bond acceptors (Lipinski definition) is 6. The highest BCUT2D eigenvalue weighted by molar-refractivity contribution is 5.77. The minimum absolute atomic E-state index is 0.197. The summed E-state index contributed by atoms with van der Waals surface area (Å²) in [6, 6.07) is 7.18. The van der Waals surface area contributed by atoms with Gasteiger partial charge in [-0.3, -0.25) is 0 Å². The Hall–Kier alpha value is -2.31. The molecule has 3 rings (SSSR count). The molecule has 0 bridgehead atoms. The highest BCUT2D eigenvalue weighted by Gasteiger charge is 2.38. The molecule has 1 atom stereocenters. The Morgan fingerprint density at radius 1 is 1.03 bits per heavy atom. The smallest absolute Gasteiger partial charge is 0.343 e. The minimum Gasteiger partial charge on any atom is -0.425 e. The van der Waals surface area contributed by atoms with E-state index in [4.69, 9.17) is 14.2 Å². The lowest BCUT2D eigenvalue weighted by Gasteiger charge is -2.16. The number of hydrogen-bond donors (Lipinski definition) is 0. The third-order valence-electron chi connectivity index (χ3n) is 5.38. The van der Waals surface area contributed by atoms with E-state index in [0.717, 1.165) is 12.0 Å². The molecule has 1 saturated heterocycles. The molecule has 1 aliphatic heterocycles. The van der Waals surface area contributed by atoms with E-state index >= 15 is 0 Å². The van der Waals surface area contributed by atoms with Gasteiger partial charge in [-0.05, 0) is 56.5 Å². The summed E-state index contributed by atoms with van der Waals surface area (Å²) in [5.74, 6) is -0.0940. The second-order valence-electron chi connectivity index (χ2n) is 8.55. The Morgan fingerprint density at radius 2 is 1.68 bits per heavy atom. The van der Waals surface area contributed by atoms with Crippen molar-refractivity contribution in [1.29, 1.82) is 0 Å². The van der Waals surface area contributed by atoms with Gasteiger partial charge in [0.1, 0.15) is 5.75 Å². The van der Waals surface area contributed by atoms with Crippen LogP contribution in [0, 0.1) is 0 Å². The van der Waals surface area contributed by atoms with Crippen molar-refractivity contribution < 1.29 is 19.0 Å². The number of benzene rings is 1. The Bertz CT molecular complexity index is 818. The summed E-state index contributed by atoms with van der Waals surface area (Å²) in [4.78, 5) is 21.2. The van der Waals surface area contributed by atoms with Crippen LogP contribution in [0.2, 0.25) is 0 Å². The lowest BCUT2D eigenvalue weighted by atomic mass is 10.1. The van der Waals surface area contributed by atoms with Crippen LogP contribution < -0.4 is 4.74 Å². The fourth-order valence-corrected chi connectivity index (χ4v) is 3.58. The second kappa shape index (κ2) is 11.3. The van der Waals surface area contributed by atoms with Crippen LogP contribution in [0.15, 0.2) is 36.7 Å². The number of esters is 1. The zero-order valence-electron chi connectivity index (χ0n) is 18.9. The third kappa shape index (κ3) is 7.40. The van der Waals surface area contributed by atoms with Gasteiger partial charge in [0.05, 0.1) is 6.61 Å². The largest absolute Gasteiger partial charge is 0.425 e. The van der Waals surface area contributed by atoms with Crippen LogP contribution in [0.25, 0.3) is 11.4 Å². The van der Waals surface area contributed by atoms with Crippen LogP contribution in [0.1, 0.15) is 71.3 Å². The first kappa shape index (κ1) is 23.4. The summed E-state index contributed by atoms with van der Waals surface area (Å²) >= 11 is 0. The maximum atomic E-state index is 12.2. The number of ether oxygens (including phenoxy) is 3. The fourth-order valence-electron chi connectivity index (χ4n) is 3.58. The van der Waals surface area contributed by atoms with Gasteiger partial charge < -0.3 is 14.2 Å². The van der Waals surface area contributed by atoms with Gasteiger partial charge in [-0.25, -0.2) is 14.8 Å². The Balaban J connectivity index is 1.44. The molecular formula is C25H34N2O4. The van der Waals surface area contributed by atoms with Gasteiger partial charge in [-0.1, -0.05) is 45.4 Å². The molecule has 0 N–H and O–H groups in total. The Kier molecular flexibility index (Phi) is 8.55. The Labute approximate surface area is 185 Å². The zero-order valence-corrected chi connectivity index (χ0v) is 18.9. The van der Waals surface area contributed by atoms with Gasteiger partial charge in [0.15, 0.2) is 17.7 Å². The lowest BCUT2D eigenvalue weighted by Crippen LogP contribution is -2.30. The molecule has 2 aromatic rings. The molecule has 0 amide bonds. The highest BCUT2D eigenvalue weighted by atomic mass is 16.8. The van der Waals surface area contributed by atoms with E-state index in [1.807, 2.05) is 24.5 Å². The van der Waals surface area contributed by atoms with E-state index < -0.39 is 17.9 Å². The van der Waals surface area contributed by atoms with Crippen LogP contribution in [0.3, 0.4) is 0 Å². The van der Waals surface area contributed by atoms with E-state index in [-0.39, 0.29) is 6.61 Å². The molecule has 6 heteroatoms. The number of aryl methyl sites for hydroxylation is 1. The van der Waals surface area contributed by atoms with Crippen molar-refractivity contribution in [2.45, 2.75) is 84.0 Å². The monoisotopic (exact) mass is 426 g/mol. The summed E-state index contributed by atoms with van der Waals surface area (Å²) < 4.78 is 16.3. The van der Waals surface area contributed by atoms with Crippen LogP contribution in [0.5, 0.6) is 5.75 Å². The van der Waals surface area contributed by atoms with Crippen molar-refractivity contribution in [3.8, 4) is 17.1 Å². The van der Waals surface area contributed by atoms with Crippen molar-refractivity contribution in [2.24, 2.45) is 0 Å². The van der Waals surface area contributed by atoms with Crippen molar-refractivity contribution in [3.05, 3.63) is 42.2 Å². The SMILES string of the molecule is CCCCCCCCCc1cnc(-c2ccc(OC(=O)C3COC(C)(C)O3)cc2)nc1. The van der Waals surface area contributed by atoms with Crippen LogP contribution >= 0.6 is 0 Å². The average molecular weight is 427 g/mol. The van der Waals surface area contributed by atoms with Crippen LogP contribution in [0.4, 0.5) is 0 Å². The predicted octanol–water partition coefficient (Wildman–Crippen LogP) is 5.49. The van der Waals surface area contributed by atoms with E-state index in [0.29, 0.717) is 11.6 Å². The maximum absolute atomic E-state index is 12.2. The first-order valence-corrected chi connectivity index (χ1v) is 11.4. The standard InChI is InChI=1S/C25H34N2O4/c1-4-5-6-7-8-9-10-11-19-16-26-23(27-17-19)20-12-14-21(15-13-20)30-24(28)22-18-29-25(2,3)31-22/h12-17,22H,4-11,18H2,1-3H3. The summed E-state index contributed by atoms with van der Waals surface area (Å²) in [6.07, 6.45) is 13.2. The molecular weight excluding hydrogens is 392 g/mol. The Morgan fingerprint density at radius 3 is 2.29 bits per heavy atom. The normalized spacial score (nSPS) is 17.6. The first-order valence-electron chi connectivity index (χ1n) is 11.4. The number of carbonyl (C=O) groups excluding carboxylic acids is 1. The van der Waals surface area contributed by atoms with Crippen molar-refractivity contribution in [1.82, 2.24) is 9.97 Å². The van der Waals surface area contributed by atoms with E-state index in [1.54, 1.807) is 26.0 Å². The van der Waals surface area contributed by atoms with Crippen molar-refractivity contribution in [2.75, 3.05) is 6.61 Å². The molecule has 1 aliphatic rings. The van der Waals surface area contributed by atoms with Gasteiger partial charge >= 0.3 is 5.97 Å². The second-order valence-corrected chi connectivity index (χ2v) is 8.55. The van der Waals surface area contributed by atoms with Gasteiger partial charge in [0.2, 0.25) is 0 Å². The summed E-state index contributed by atoms with van der Waals surface area (Å²) in [5.41, 5.74) is 2.05. The number of nitrogens with zero attached hydrogens (tertiary/aromatic N) is 2. The van der Waals surface area contributed by atoms with Crippen molar-refractivity contribution in [3.63, 3.8) is 0 Å². The van der Waals surface area contributed by atoms with Crippen LogP contribution in [-0.2, 0) is 20.7 Å². The maximum Gasteiger partial charge on any atom is 0.343 e. The third-order valence-corrected chi connectivity index (χ3v) is 5.38. The van der Waals surface area contributed by atoms with Crippen LogP contribution in [-0.4, -0.2) is 34.4 Å². The molecule has 6 nitrogen and oxygen atoms in total. The predicted molar refractivity (Wildman–Crippen MR) is 120 cm³/mol. The molecule has 1 aromatic heterocycles. The van der Waals surface area contributed by atoms with Gasteiger partial charge in [-0.15, -0.1) is 0 Å². The molecule has 0 spiro atoms. The van der Waals surface area contributed by atoms with Gasteiger partial charge in [-0.2, -0.15) is 0 Å². The summed E-state index contributed by atoms with van der Waals surface area (Å²) in [5, 5.41) is 0. The summed E-state index contributed by atoms with van der Waals surface area (Å²) in [7, 11) is 0. The van der Waals surface area contributed by atoms with E-state index in [2.05, 4.69) is 16.9 Å². The highest BCUT2D eigenvalue weighted by Crippen LogP contribution is 2.25. The molecule has 1 fully saturated rings. The molecule has 0 radical (unpaired) electrons. The first-order chi connectivity index (χ1) is 15.0. The topological polar surface area (TPSA) is 70.5 Å². The quantitative estimate of drug-likeness (QED) is 0.269. The molecule has 2 heterocycles.